The molecule has 0 aliphatic carbocycles. The summed E-state index contributed by atoms with van der Waals surface area (Å²) in [6.07, 6.45) is 0.149. The average molecular weight is 331 g/mol. The lowest BCUT2D eigenvalue weighted by Crippen LogP contribution is -2.46. The van der Waals surface area contributed by atoms with Crippen LogP contribution in [0.3, 0.4) is 0 Å². The van der Waals surface area contributed by atoms with Gasteiger partial charge in [-0.15, -0.1) is 0 Å². The molecule has 2 heterocycles. The van der Waals surface area contributed by atoms with E-state index in [9.17, 15) is 19.1 Å². The normalized spacial score (nSPS) is 20.9. The number of benzene rings is 1. The van der Waals surface area contributed by atoms with Gasteiger partial charge in [-0.1, -0.05) is 6.92 Å². The molecule has 1 aromatic carbocycles. The second-order valence-corrected chi connectivity index (χ2v) is 6.03. The highest BCUT2D eigenvalue weighted by molar-refractivity contribution is 5.92. The molecule has 0 radical (unpaired) electrons. The van der Waals surface area contributed by atoms with Crippen LogP contribution in [0.4, 0.5) is 4.39 Å². The van der Waals surface area contributed by atoms with E-state index in [0.29, 0.717) is 18.7 Å². The first-order valence-electron chi connectivity index (χ1n) is 7.79. The largest absolute Gasteiger partial charge is 0.391 e. The number of carbonyl (C=O) groups excluding carboxylic acids is 1. The first kappa shape index (κ1) is 16.3. The highest BCUT2D eigenvalue weighted by atomic mass is 19.1. The minimum atomic E-state index is -0.564. The molecule has 6 nitrogen and oxygen atoms in total. The Morgan fingerprint density at radius 3 is 2.62 bits per heavy atom. The zero-order valence-corrected chi connectivity index (χ0v) is 13.2. The number of rotatable bonds is 2. The fourth-order valence-electron chi connectivity index (χ4n) is 2.69. The lowest BCUT2D eigenvalue weighted by atomic mass is 9.96. The van der Waals surface area contributed by atoms with Crippen LogP contribution >= 0.6 is 0 Å². The number of aliphatic hydroxyl groups is 1. The first-order valence-corrected chi connectivity index (χ1v) is 7.79. The van der Waals surface area contributed by atoms with E-state index in [-0.39, 0.29) is 24.1 Å². The van der Waals surface area contributed by atoms with Gasteiger partial charge in [0, 0.05) is 19.2 Å². The lowest BCUT2D eigenvalue weighted by molar-refractivity contribution is 0.0244. The van der Waals surface area contributed by atoms with Crippen molar-refractivity contribution < 1.29 is 14.3 Å². The van der Waals surface area contributed by atoms with E-state index in [4.69, 9.17) is 0 Å². The van der Waals surface area contributed by atoms with E-state index in [1.165, 1.54) is 41.3 Å². The molecule has 3 rings (SSSR count). The molecular weight excluding hydrogens is 313 g/mol. The molecule has 0 bridgehead atoms. The number of hydrogen-bond acceptors (Lipinski definition) is 4. The molecule has 1 fully saturated rings. The van der Waals surface area contributed by atoms with E-state index in [2.05, 4.69) is 5.10 Å². The maximum Gasteiger partial charge on any atom is 0.274 e. The highest BCUT2D eigenvalue weighted by Gasteiger charge is 2.28. The van der Waals surface area contributed by atoms with Crippen molar-refractivity contribution in [2.75, 3.05) is 13.1 Å². The van der Waals surface area contributed by atoms with E-state index in [1.54, 1.807) is 0 Å². The molecule has 2 aromatic rings. The van der Waals surface area contributed by atoms with Crippen LogP contribution in [-0.4, -0.2) is 44.9 Å². The summed E-state index contributed by atoms with van der Waals surface area (Å²) in [5.41, 5.74) is 0.0782. The van der Waals surface area contributed by atoms with Crippen LogP contribution in [0.15, 0.2) is 41.2 Å². The van der Waals surface area contributed by atoms with Crippen LogP contribution in [-0.2, 0) is 0 Å². The SMILES string of the molecule is CC1CCN(C(=O)c2ccc(=O)n(-c3ccc(F)cc3)n2)CC1O. The minimum absolute atomic E-state index is 0.112. The van der Waals surface area contributed by atoms with Gasteiger partial charge in [0.1, 0.15) is 11.5 Å². The summed E-state index contributed by atoms with van der Waals surface area (Å²) in [4.78, 5) is 26.1. The van der Waals surface area contributed by atoms with Crippen LogP contribution in [0, 0.1) is 11.7 Å². The number of piperidine rings is 1. The molecule has 1 N–H and O–H groups in total. The van der Waals surface area contributed by atoms with Gasteiger partial charge in [-0.05, 0) is 42.7 Å². The average Bonchev–Trinajstić information content (AvgIpc) is 2.58. The van der Waals surface area contributed by atoms with E-state index in [0.717, 1.165) is 4.68 Å². The van der Waals surface area contributed by atoms with E-state index in [1.807, 2.05) is 6.92 Å². The van der Waals surface area contributed by atoms with Gasteiger partial charge >= 0.3 is 0 Å². The Balaban J connectivity index is 1.89. The molecule has 0 spiro atoms. The molecule has 2 atom stereocenters. The van der Waals surface area contributed by atoms with Crippen LogP contribution in [0.1, 0.15) is 23.8 Å². The van der Waals surface area contributed by atoms with Crippen molar-refractivity contribution in [2.45, 2.75) is 19.4 Å². The molecule has 0 saturated carbocycles. The summed E-state index contributed by atoms with van der Waals surface area (Å²) < 4.78 is 14.1. The van der Waals surface area contributed by atoms with Gasteiger partial charge in [-0.2, -0.15) is 9.78 Å². The monoisotopic (exact) mass is 331 g/mol. The van der Waals surface area contributed by atoms with Gasteiger partial charge in [0.25, 0.3) is 11.5 Å². The molecule has 1 amide bonds. The Hall–Kier alpha value is -2.54. The molecule has 1 aliphatic heterocycles. The Morgan fingerprint density at radius 1 is 1.25 bits per heavy atom. The van der Waals surface area contributed by atoms with Crippen molar-refractivity contribution in [1.29, 1.82) is 0 Å². The lowest BCUT2D eigenvalue weighted by Gasteiger charge is -2.34. The third kappa shape index (κ3) is 3.21. The van der Waals surface area contributed by atoms with Gasteiger partial charge in [0.05, 0.1) is 11.8 Å². The molecule has 1 saturated heterocycles. The highest BCUT2D eigenvalue weighted by Crippen LogP contribution is 2.18. The van der Waals surface area contributed by atoms with Crippen molar-refractivity contribution in [2.24, 2.45) is 5.92 Å². The van der Waals surface area contributed by atoms with Crippen LogP contribution in [0.5, 0.6) is 0 Å². The standard InChI is InChI=1S/C17H18FN3O3/c1-11-8-9-20(10-15(11)22)17(24)14-6-7-16(23)21(19-14)13-4-2-12(18)3-5-13/h2-7,11,15,22H,8-10H2,1H3. The second kappa shape index (κ2) is 6.52. The fourth-order valence-corrected chi connectivity index (χ4v) is 2.69. The summed E-state index contributed by atoms with van der Waals surface area (Å²) in [5.74, 6) is -0.609. The maximum atomic E-state index is 13.0. The van der Waals surface area contributed by atoms with Crippen LogP contribution in [0.25, 0.3) is 5.69 Å². The predicted octanol–water partition coefficient (Wildman–Crippen LogP) is 1.21. The maximum absolute atomic E-state index is 13.0. The van der Waals surface area contributed by atoms with Crippen LogP contribution in [0.2, 0.25) is 0 Å². The number of nitrogens with zero attached hydrogens (tertiary/aromatic N) is 3. The quantitative estimate of drug-likeness (QED) is 0.898. The zero-order chi connectivity index (χ0) is 17.3. The first-order chi connectivity index (χ1) is 11.5. The van der Waals surface area contributed by atoms with E-state index >= 15 is 0 Å². The summed E-state index contributed by atoms with van der Waals surface area (Å²) in [5, 5.41) is 14.0. The second-order valence-electron chi connectivity index (χ2n) is 6.03. The number of aromatic nitrogens is 2. The Labute approximate surface area is 138 Å². The third-order valence-electron chi connectivity index (χ3n) is 4.30. The molecular formula is C17H18FN3O3. The number of aliphatic hydroxyl groups excluding tert-OH is 1. The summed E-state index contributed by atoms with van der Waals surface area (Å²) in [6.45, 7) is 2.73. The number of hydrogen-bond donors (Lipinski definition) is 1. The zero-order valence-electron chi connectivity index (χ0n) is 13.2. The molecule has 2 unspecified atom stereocenters. The molecule has 24 heavy (non-hydrogen) atoms. The van der Waals surface area contributed by atoms with Crippen molar-refractivity contribution in [3.05, 3.63) is 58.3 Å². The van der Waals surface area contributed by atoms with Crippen molar-refractivity contribution in [1.82, 2.24) is 14.7 Å². The van der Waals surface area contributed by atoms with E-state index < -0.39 is 17.5 Å². The van der Waals surface area contributed by atoms with Gasteiger partial charge < -0.3 is 10.0 Å². The third-order valence-corrected chi connectivity index (χ3v) is 4.30. The van der Waals surface area contributed by atoms with Gasteiger partial charge in [0.2, 0.25) is 0 Å². The Morgan fingerprint density at radius 2 is 1.96 bits per heavy atom. The summed E-state index contributed by atoms with van der Waals surface area (Å²) >= 11 is 0. The van der Waals surface area contributed by atoms with Crippen LogP contribution < -0.4 is 5.56 Å². The molecule has 126 valence electrons. The fraction of sp³-hybridized carbons (Fsp3) is 0.353. The minimum Gasteiger partial charge on any atom is -0.391 e. The van der Waals surface area contributed by atoms with Crippen molar-refractivity contribution >= 4 is 5.91 Å². The predicted molar refractivity (Wildman–Crippen MR) is 85.5 cm³/mol. The molecule has 7 heteroatoms. The van der Waals surface area contributed by atoms with Gasteiger partial charge in [0.15, 0.2) is 0 Å². The smallest absolute Gasteiger partial charge is 0.274 e. The Bertz CT molecular complexity index is 803. The number of likely N-dealkylation sites (tertiary alicyclic amines) is 1. The van der Waals surface area contributed by atoms with Crippen molar-refractivity contribution in [3.63, 3.8) is 0 Å². The van der Waals surface area contributed by atoms with Gasteiger partial charge in [-0.25, -0.2) is 4.39 Å². The number of amides is 1. The number of β-amino-alcohol motifs (C(OH)–C–C–N with tert-alkyl or cyclic N) is 1. The Kier molecular flexibility index (Phi) is 4.44. The van der Waals surface area contributed by atoms with Crippen molar-refractivity contribution in [3.8, 4) is 5.69 Å². The topological polar surface area (TPSA) is 75.4 Å². The van der Waals surface area contributed by atoms with Gasteiger partial charge in [-0.3, -0.25) is 9.59 Å². The number of halogens is 1. The molecule has 1 aromatic heterocycles. The number of carbonyl (C=O) groups is 1. The summed E-state index contributed by atoms with van der Waals surface area (Å²) in [7, 11) is 0. The molecule has 1 aliphatic rings. The summed E-state index contributed by atoms with van der Waals surface area (Å²) in [6, 6.07) is 7.91.